The Bertz CT molecular complexity index is 950. The molecular formula is C19H25ClN6O7. The molecule has 180 valence electrons. The molecule has 0 bridgehead atoms. The van der Waals surface area contributed by atoms with Crippen LogP contribution >= 0.6 is 12.4 Å². The molecule has 0 aliphatic carbocycles. The number of nitrogens with two attached hydrogens (primary N) is 2. The summed E-state index contributed by atoms with van der Waals surface area (Å²) in [4.78, 5) is 65.3. The number of carbonyl (C=O) groups is 5. The summed E-state index contributed by atoms with van der Waals surface area (Å²) >= 11 is 0. The highest BCUT2D eigenvalue weighted by molar-refractivity contribution is 5.94. The SMILES string of the molecule is Cl.NC(N)=Nc1cccc(CC(=O)NCC(=O)N2CCN(CC(=O)O)C(=O)[C@@H]2CC(=O)O)c1. The number of piperazine rings is 1. The van der Waals surface area contributed by atoms with Gasteiger partial charge in [0.05, 0.1) is 25.1 Å². The van der Waals surface area contributed by atoms with Gasteiger partial charge in [-0.1, -0.05) is 12.1 Å². The Morgan fingerprint density at radius 2 is 1.82 bits per heavy atom. The van der Waals surface area contributed by atoms with Crippen molar-refractivity contribution in [3.05, 3.63) is 29.8 Å². The monoisotopic (exact) mass is 484 g/mol. The standard InChI is InChI=1S/C19H24N6O7.ClH/c20-19(21)23-12-3-1-2-11(6-12)7-14(26)22-9-15(27)25-5-4-24(10-17(30)31)18(32)13(25)8-16(28)29;/h1-3,6,13H,4-5,7-10H2,(H,22,26)(H,28,29)(H,30,31)(H4,20,21,23);1H/t13-;/m0./s1. The predicted octanol–water partition coefficient (Wildman–Crippen LogP) is -1.73. The zero-order valence-electron chi connectivity index (χ0n) is 17.5. The summed E-state index contributed by atoms with van der Waals surface area (Å²) in [6.07, 6.45) is -0.739. The van der Waals surface area contributed by atoms with Gasteiger partial charge >= 0.3 is 11.9 Å². The van der Waals surface area contributed by atoms with Crippen LogP contribution in [0, 0.1) is 0 Å². The third-order valence-corrected chi connectivity index (χ3v) is 4.57. The summed E-state index contributed by atoms with van der Waals surface area (Å²) in [7, 11) is 0. The molecular weight excluding hydrogens is 460 g/mol. The maximum absolute atomic E-state index is 12.6. The topological polar surface area (TPSA) is 209 Å². The number of carboxylic acids is 2. The smallest absolute Gasteiger partial charge is 0.323 e. The lowest BCUT2D eigenvalue weighted by Gasteiger charge is -2.39. The molecule has 1 aromatic rings. The van der Waals surface area contributed by atoms with E-state index in [1.807, 2.05) is 0 Å². The van der Waals surface area contributed by atoms with Crippen LogP contribution in [0.4, 0.5) is 5.69 Å². The minimum Gasteiger partial charge on any atom is -0.481 e. The van der Waals surface area contributed by atoms with Crippen LogP contribution in [0.5, 0.6) is 0 Å². The Balaban J connectivity index is 0.00000544. The largest absolute Gasteiger partial charge is 0.481 e. The molecule has 1 atom stereocenters. The fourth-order valence-electron chi connectivity index (χ4n) is 3.23. The van der Waals surface area contributed by atoms with E-state index in [9.17, 15) is 24.0 Å². The Morgan fingerprint density at radius 3 is 2.42 bits per heavy atom. The van der Waals surface area contributed by atoms with Crippen LogP contribution in [-0.2, 0) is 30.4 Å². The van der Waals surface area contributed by atoms with E-state index in [4.69, 9.17) is 21.7 Å². The molecule has 0 unspecified atom stereocenters. The molecule has 13 nitrogen and oxygen atoms in total. The number of nitrogens with one attached hydrogen (secondary N) is 1. The van der Waals surface area contributed by atoms with Crippen LogP contribution in [0.1, 0.15) is 12.0 Å². The van der Waals surface area contributed by atoms with E-state index in [1.54, 1.807) is 24.3 Å². The highest BCUT2D eigenvalue weighted by Gasteiger charge is 2.39. The number of benzene rings is 1. The average Bonchev–Trinajstić information content (AvgIpc) is 2.68. The highest BCUT2D eigenvalue weighted by Crippen LogP contribution is 2.16. The van der Waals surface area contributed by atoms with Crippen LogP contribution < -0.4 is 16.8 Å². The fourth-order valence-corrected chi connectivity index (χ4v) is 3.23. The summed E-state index contributed by atoms with van der Waals surface area (Å²) in [5, 5.41) is 20.4. The molecule has 2 rings (SSSR count). The normalized spacial score (nSPS) is 15.3. The van der Waals surface area contributed by atoms with Crippen molar-refractivity contribution in [2.45, 2.75) is 18.9 Å². The number of aliphatic imine (C=N–C) groups is 1. The number of aliphatic carboxylic acids is 2. The molecule has 1 aliphatic rings. The zero-order chi connectivity index (χ0) is 23.8. The van der Waals surface area contributed by atoms with Gasteiger partial charge in [0, 0.05) is 13.1 Å². The van der Waals surface area contributed by atoms with E-state index in [0.717, 1.165) is 9.80 Å². The van der Waals surface area contributed by atoms with E-state index in [-0.39, 0.29) is 37.9 Å². The van der Waals surface area contributed by atoms with Gasteiger partial charge < -0.3 is 36.8 Å². The highest BCUT2D eigenvalue weighted by atomic mass is 35.5. The first-order valence-electron chi connectivity index (χ1n) is 9.54. The first-order valence-corrected chi connectivity index (χ1v) is 9.54. The number of carbonyl (C=O) groups excluding carboxylic acids is 3. The molecule has 33 heavy (non-hydrogen) atoms. The average molecular weight is 485 g/mol. The van der Waals surface area contributed by atoms with Crippen LogP contribution in [0.3, 0.4) is 0 Å². The Morgan fingerprint density at radius 1 is 1.12 bits per heavy atom. The van der Waals surface area contributed by atoms with Crippen molar-refractivity contribution < 1.29 is 34.2 Å². The minimum absolute atomic E-state index is 0. The number of halogens is 1. The van der Waals surface area contributed by atoms with E-state index < -0.39 is 55.2 Å². The Kier molecular flexibility index (Phi) is 10.1. The Labute approximate surface area is 194 Å². The maximum Gasteiger partial charge on any atom is 0.323 e. The van der Waals surface area contributed by atoms with Gasteiger partial charge in [-0.05, 0) is 17.7 Å². The molecule has 1 fully saturated rings. The lowest BCUT2D eigenvalue weighted by atomic mass is 10.1. The summed E-state index contributed by atoms with van der Waals surface area (Å²) < 4.78 is 0. The summed E-state index contributed by atoms with van der Waals surface area (Å²) in [5.74, 6) is -4.59. The van der Waals surface area contributed by atoms with Crippen molar-refractivity contribution in [2.75, 3.05) is 26.2 Å². The molecule has 1 aliphatic heterocycles. The molecule has 0 radical (unpaired) electrons. The third-order valence-electron chi connectivity index (χ3n) is 4.57. The van der Waals surface area contributed by atoms with Crippen molar-refractivity contribution in [3.8, 4) is 0 Å². The van der Waals surface area contributed by atoms with Crippen molar-refractivity contribution >= 4 is 53.7 Å². The van der Waals surface area contributed by atoms with E-state index in [2.05, 4.69) is 10.3 Å². The number of guanidine groups is 1. The molecule has 0 spiro atoms. The fraction of sp³-hybridized carbons (Fsp3) is 0.368. The van der Waals surface area contributed by atoms with Gasteiger partial charge in [0.1, 0.15) is 12.6 Å². The van der Waals surface area contributed by atoms with Gasteiger partial charge in [-0.25, -0.2) is 4.99 Å². The van der Waals surface area contributed by atoms with Crippen molar-refractivity contribution in [3.63, 3.8) is 0 Å². The van der Waals surface area contributed by atoms with Crippen molar-refractivity contribution in [1.82, 2.24) is 15.1 Å². The molecule has 3 amide bonds. The molecule has 7 N–H and O–H groups in total. The molecule has 1 heterocycles. The molecule has 1 saturated heterocycles. The van der Waals surface area contributed by atoms with Gasteiger partial charge in [0.2, 0.25) is 17.7 Å². The van der Waals surface area contributed by atoms with E-state index in [1.165, 1.54) is 0 Å². The maximum atomic E-state index is 12.6. The molecule has 0 saturated carbocycles. The number of rotatable bonds is 9. The number of carboxylic acid groups (broad SMARTS) is 2. The predicted molar refractivity (Wildman–Crippen MR) is 118 cm³/mol. The minimum atomic E-state index is -1.35. The molecule has 1 aromatic carbocycles. The van der Waals surface area contributed by atoms with Crippen LogP contribution in [0.15, 0.2) is 29.3 Å². The van der Waals surface area contributed by atoms with Crippen LogP contribution in [0.25, 0.3) is 0 Å². The summed E-state index contributed by atoms with van der Waals surface area (Å²) in [6.45, 7) is -1.15. The second kappa shape index (κ2) is 12.2. The van der Waals surface area contributed by atoms with Gasteiger partial charge in [-0.2, -0.15) is 0 Å². The van der Waals surface area contributed by atoms with Crippen LogP contribution in [0.2, 0.25) is 0 Å². The first-order chi connectivity index (χ1) is 15.1. The van der Waals surface area contributed by atoms with Crippen LogP contribution in [-0.4, -0.2) is 87.9 Å². The summed E-state index contributed by atoms with van der Waals surface area (Å²) in [6, 6.07) is 5.24. The Hall–Kier alpha value is -3.87. The molecule has 0 aromatic heterocycles. The summed E-state index contributed by atoms with van der Waals surface area (Å²) in [5.41, 5.74) is 11.7. The van der Waals surface area contributed by atoms with E-state index >= 15 is 0 Å². The first kappa shape index (κ1) is 27.2. The zero-order valence-corrected chi connectivity index (χ0v) is 18.3. The third kappa shape index (κ3) is 8.29. The van der Waals surface area contributed by atoms with Gasteiger partial charge in [-0.15, -0.1) is 12.4 Å². The lowest BCUT2D eigenvalue weighted by Crippen LogP contribution is -2.61. The van der Waals surface area contributed by atoms with Gasteiger partial charge in [0.25, 0.3) is 0 Å². The number of hydrogen-bond donors (Lipinski definition) is 5. The number of hydrogen-bond acceptors (Lipinski definition) is 6. The number of amides is 3. The van der Waals surface area contributed by atoms with Crippen molar-refractivity contribution in [1.29, 1.82) is 0 Å². The van der Waals surface area contributed by atoms with E-state index in [0.29, 0.717) is 11.3 Å². The van der Waals surface area contributed by atoms with Gasteiger partial charge in [0.15, 0.2) is 5.96 Å². The van der Waals surface area contributed by atoms with Crippen molar-refractivity contribution in [2.24, 2.45) is 16.5 Å². The molecule has 14 heteroatoms. The quantitative estimate of drug-likeness (QED) is 0.199. The second-order valence-corrected chi connectivity index (χ2v) is 7.01. The lowest BCUT2D eigenvalue weighted by molar-refractivity contribution is -0.158. The second-order valence-electron chi connectivity index (χ2n) is 7.01. The van der Waals surface area contributed by atoms with Gasteiger partial charge in [-0.3, -0.25) is 24.0 Å². The number of nitrogens with zero attached hydrogens (tertiary/aromatic N) is 3.